The van der Waals surface area contributed by atoms with Gasteiger partial charge in [-0.25, -0.2) is 4.98 Å². The number of carbonyl (C=O) groups is 1. The molecule has 0 bridgehead atoms. The zero-order chi connectivity index (χ0) is 17.1. The van der Waals surface area contributed by atoms with E-state index >= 15 is 0 Å². The van der Waals surface area contributed by atoms with Crippen LogP contribution in [-0.4, -0.2) is 59.1 Å². The zero-order valence-corrected chi connectivity index (χ0v) is 14.0. The Balaban J connectivity index is 1.72. The second-order valence-electron chi connectivity index (χ2n) is 6.20. The van der Waals surface area contributed by atoms with E-state index in [2.05, 4.69) is 15.2 Å². The molecule has 0 aliphatic carbocycles. The summed E-state index contributed by atoms with van der Waals surface area (Å²) in [6.07, 6.45) is 3.00. The van der Waals surface area contributed by atoms with E-state index in [-0.39, 0.29) is 23.1 Å². The van der Waals surface area contributed by atoms with E-state index in [0.29, 0.717) is 5.65 Å². The number of amides is 1. The molecule has 0 spiro atoms. The molecule has 3 rings (SSSR count). The lowest BCUT2D eigenvalue weighted by atomic mass is 10.2. The number of hydrogen-bond acceptors (Lipinski definition) is 5. The van der Waals surface area contributed by atoms with Crippen molar-refractivity contribution in [3.8, 4) is 0 Å². The first-order valence-corrected chi connectivity index (χ1v) is 8.13. The monoisotopic (exact) mass is 330 g/mol. The Kier molecular flexibility index (Phi) is 4.92. The highest BCUT2D eigenvalue weighted by atomic mass is 16.5. The molecule has 1 fully saturated rings. The van der Waals surface area contributed by atoms with Gasteiger partial charge in [0, 0.05) is 38.1 Å². The minimum absolute atomic E-state index is 0.0604. The van der Waals surface area contributed by atoms with Crippen LogP contribution in [0.25, 0.3) is 5.65 Å². The van der Waals surface area contributed by atoms with Crippen molar-refractivity contribution in [2.75, 3.05) is 32.8 Å². The molecule has 1 saturated heterocycles. The quantitative estimate of drug-likeness (QED) is 0.881. The average molecular weight is 330 g/mol. The van der Waals surface area contributed by atoms with E-state index in [1.807, 2.05) is 26.0 Å². The van der Waals surface area contributed by atoms with E-state index in [0.717, 1.165) is 38.4 Å². The standard InChI is InChI=1S/C17H22N4O3/c1-12-3-4-21-15(9-12)18-10-14(17(21)23)16(22)19-13(2)11-20-5-7-24-8-6-20/h3-4,9-10,13H,5-8,11H2,1-2H3,(H,19,22)/t13-/m1/s1. The van der Waals surface area contributed by atoms with Crippen molar-refractivity contribution < 1.29 is 9.53 Å². The van der Waals surface area contributed by atoms with E-state index in [1.54, 1.807) is 6.20 Å². The molecule has 1 N–H and O–H groups in total. The molecule has 1 aliphatic rings. The fourth-order valence-electron chi connectivity index (χ4n) is 2.85. The lowest BCUT2D eigenvalue weighted by Gasteiger charge is -2.29. The Labute approximate surface area is 140 Å². The third-order valence-electron chi connectivity index (χ3n) is 4.12. The number of aryl methyl sites for hydroxylation is 1. The van der Waals surface area contributed by atoms with Crippen molar-refractivity contribution in [1.29, 1.82) is 0 Å². The normalized spacial score (nSPS) is 16.9. The Bertz CT molecular complexity index is 796. The van der Waals surface area contributed by atoms with Crippen LogP contribution in [0.2, 0.25) is 0 Å². The SMILES string of the molecule is Cc1ccn2c(=O)c(C(=O)N[C@H](C)CN3CCOCC3)cnc2c1. The number of ether oxygens (including phenoxy) is 1. The molecule has 2 aromatic rings. The first kappa shape index (κ1) is 16.6. The highest BCUT2D eigenvalue weighted by Crippen LogP contribution is 2.03. The molecule has 0 unspecified atom stereocenters. The van der Waals surface area contributed by atoms with Crippen LogP contribution in [0, 0.1) is 6.92 Å². The number of morpholine rings is 1. The summed E-state index contributed by atoms with van der Waals surface area (Å²) in [5, 5.41) is 2.89. The molecular weight excluding hydrogens is 308 g/mol. The topological polar surface area (TPSA) is 75.9 Å². The number of carbonyl (C=O) groups excluding carboxylic acids is 1. The number of hydrogen-bond donors (Lipinski definition) is 1. The molecule has 7 nitrogen and oxygen atoms in total. The largest absolute Gasteiger partial charge is 0.379 e. The number of nitrogens with zero attached hydrogens (tertiary/aromatic N) is 3. The highest BCUT2D eigenvalue weighted by Gasteiger charge is 2.18. The summed E-state index contributed by atoms with van der Waals surface area (Å²) in [6, 6.07) is 3.57. The summed E-state index contributed by atoms with van der Waals surface area (Å²) in [5.41, 5.74) is 1.26. The number of pyridine rings is 1. The number of aromatic nitrogens is 2. The summed E-state index contributed by atoms with van der Waals surface area (Å²) >= 11 is 0. The number of rotatable bonds is 4. The smallest absolute Gasteiger partial charge is 0.270 e. The molecule has 7 heteroatoms. The summed E-state index contributed by atoms with van der Waals surface area (Å²) in [7, 11) is 0. The first-order valence-electron chi connectivity index (χ1n) is 8.13. The predicted octanol–water partition coefficient (Wildman–Crippen LogP) is 0.453. The maximum Gasteiger partial charge on any atom is 0.270 e. The molecule has 3 heterocycles. The maximum absolute atomic E-state index is 12.5. The van der Waals surface area contributed by atoms with E-state index in [4.69, 9.17) is 4.74 Å². The van der Waals surface area contributed by atoms with Crippen LogP contribution in [-0.2, 0) is 4.74 Å². The molecule has 1 atom stereocenters. The van der Waals surface area contributed by atoms with Gasteiger partial charge in [0.2, 0.25) is 0 Å². The summed E-state index contributed by atoms with van der Waals surface area (Å²) in [6.45, 7) is 7.76. The van der Waals surface area contributed by atoms with Crippen LogP contribution in [0.1, 0.15) is 22.8 Å². The number of nitrogens with one attached hydrogen (secondary N) is 1. The lowest BCUT2D eigenvalue weighted by molar-refractivity contribution is 0.0342. The molecule has 1 amide bonds. The van der Waals surface area contributed by atoms with E-state index < -0.39 is 0 Å². The van der Waals surface area contributed by atoms with Crippen LogP contribution < -0.4 is 10.9 Å². The van der Waals surface area contributed by atoms with Gasteiger partial charge in [0.25, 0.3) is 11.5 Å². The van der Waals surface area contributed by atoms with Gasteiger partial charge >= 0.3 is 0 Å². The molecule has 1 aliphatic heterocycles. The van der Waals surface area contributed by atoms with Crippen molar-refractivity contribution >= 4 is 11.6 Å². The molecular formula is C17H22N4O3. The minimum Gasteiger partial charge on any atom is -0.379 e. The molecule has 0 saturated carbocycles. The molecule has 24 heavy (non-hydrogen) atoms. The van der Waals surface area contributed by atoms with E-state index in [9.17, 15) is 9.59 Å². The van der Waals surface area contributed by atoms with Gasteiger partial charge in [-0.3, -0.25) is 18.9 Å². The Morgan fingerprint density at radius 1 is 1.42 bits per heavy atom. The third kappa shape index (κ3) is 3.63. The highest BCUT2D eigenvalue weighted by molar-refractivity contribution is 5.93. The van der Waals surface area contributed by atoms with Crippen molar-refractivity contribution in [3.63, 3.8) is 0 Å². The third-order valence-corrected chi connectivity index (χ3v) is 4.12. The second kappa shape index (κ2) is 7.11. The van der Waals surface area contributed by atoms with Gasteiger partial charge in [-0.1, -0.05) is 0 Å². The predicted molar refractivity (Wildman–Crippen MR) is 90.4 cm³/mol. The maximum atomic E-state index is 12.5. The van der Waals surface area contributed by atoms with Crippen molar-refractivity contribution in [3.05, 3.63) is 46.0 Å². The van der Waals surface area contributed by atoms with Gasteiger partial charge in [-0.2, -0.15) is 0 Å². The van der Waals surface area contributed by atoms with Gasteiger partial charge in [0.1, 0.15) is 11.2 Å². The van der Waals surface area contributed by atoms with Crippen molar-refractivity contribution in [1.82, 2.24) is 19.6 Å². The molecule has 0 aromatic carbocycles. The fourth-order valence-corrected chi connectivity index (χ4v) is 2.85. The van der Waals surface area contributed by atoms with Gasteiger partial charge in [0.05, 0.1) is 13.2 Å². The van der Waals surface area contributed by atoms with Crippen molar-refractivity contribution in [2.45, 2.75) is 19.9 Å². The molecule has 0 radical (unpaired) electrons. The van der Waals surface area contributed by atoms with Crippen LogP contribution >= 0.6 is 0 Å². The zero-order valence-electron chi connectivity index (χ0n) is 14.0. The summed E-state index contributed by atoms with van der Waals surface area (Å²) < 4.78 is 6.71. The van der Waals surface area contributed by atoms with Crippen LogP contribution in [0.15, 0.2) is 29.3 Å². The Hall–Kier alpha value is -2.25. The van der Waals surface area contributed by atoms with Crippen LogP contribution in [0.5, 0.6) is 0 Å². The Morgan fingerprint density at radius 2 is 2.17 bits per heavy atom. The van der Waals surface area contributed by atoms with Gasteiger partial charge in [-0.05, 0) is 31.5 Å². The van der Waals surface area contributed by atoms with Crippen LogP contribution in [0.3, 0.4) is 0 Å². The fraction of sp³-hybridized carbons (Fsp3) is 0.471. The van der Waals surface area contributed by atoms with Gasteiger partial charge in [-0.15, -0.1) is 0 Å². The van der Waals surface area contributed by atoms with Gasteiger partial charge < -0.3 is 10.1 Å². The lowest BCUT2D eigenvalue weighted by Crippen LogP contribution is -2.46. The van der Waals surface area contributed by atoms with Gasteiger partial charge in [0.15, 0.2) is 0 Å². The van der Waals surface area contributed by atoms with Crippen molar-refractivity contribution in [2.24, 2.45) is 0 Å². The first-order chi connectivity index (χ1) is 11.5. The molecule has 2 aromatic heterocycles. The van der Waals surface area contributed by atoms with Crippen LogP contribution in [0.4, 0.5) is 0 Å². The number of fused-ring (bicyclic) bond motifs is 1. The van der Waals surface area contributed by atoms with E-state index in [1.165, 1.54) is 10.6 Å². The summed E-state index contributed by atoms with van der Waals surface area (Å²) in [5.74, 6) is -0.386. The average Bonchev–Trinajstić information content (AvgIpc) is 2.55. The minimum atomic E-state index is -0.386. The summed E-state index contributed by atoms with van der Waals surface area (Å²) in [4.78, 5) is 31.4. The second-order valence-corrected chi connectivity index (χ2v) is 6.20. The Morgan fingerprint density at radius 3 is 2.92 bits per heavy atom. The molecule has 128 valence electrons.